The second-order valence-electron chi connectivity index (χ2n) is 6.58. The summed E-state index contributed by atoms with van der Waals surface area (Å²) in [5.74, 6) is 0. The van der Waals surface area contributed by atoms with E-state index in [4.69, 9.17) is 0 Å². The molecule has 0 aliphatic carbocycles. The monoisotopic (exact) mass is 249 g/mol. The highest BCUT2D eigenvalue weighted by Crippen LogP contribution is 2.34. The molecule has 1 aromatic carbocycles. The fourth-order valence-corrected chi connectivity index (χ4v) is 2.79. The Kier molecular flexibility index (Phi) is 4.06. The molecule has 0 N–H and O–H groups in total. The molecule has 0 unspecified atom stereocenters. The van der Waals surface area contributed by atoms with Crippen LogP contribution in [0.25, 0.3) is 0 Å². The topological polar surface area (TPSA) is 3.24 Å². The number of benzene rings is 1. The van der Waals surface area contributed by atoms with Gasteiger partial charge < -0.3 is 0 Å². The Bertz CT molecular complexity index is 368. The molecule has 0 bridgehead atoms. The van der Waals surface area contributed by atoms with Gasteiger partial charge in [-0.15, -0.1) is 0 Å². The molecule has 0 spiro atoms. The van der Waals surface area contributed by atoms with E-state index in [2.05, 4.69) is 37.8 Å². The molecule has 2 atom stereocenters. The van der Waals surface area contributed by atoms with Crippen LogP contribution in [0.1, 0.15) is 45.2 Å². The van der Waals surface area contributed by atoms with Crippen molar-refractivity contribution in [3.63, 3.8) is 0 Å². The largest absolute Gasteiger partial charge is 0.296 e. The van der Waals surface area contributed by atoms with Crippen molar-refractivity contribution >= 4 is 0 Å². The summed E-state index contributed by atoms with van der Waals surface area (Å²) in [6.45, 7) is 8.64. The van der Waals surface area contributed by atoms with Crippen LogP contribution in [0, 0.1) is 5.41 Å². The molecule has 0 radical (unpaired) electrons. The van der Waals surface area contributed by atoms with Crippen LogP contribution < -0.4 is 0 Å². The first-order chi connectivity index (χ1) is 8.46. The predicted octanol–water partition coefficient (Wildman–Crippen LogP) is 4.21. The van der Waals surface area contributed by atoms with Crippen molar-refractivity contribution in [2.45, 2.75) is 45.8 Å². The minimum atomic E-state index is -0.647. The predicted molar refractivity (Wildman–Crippen MR) is 74.3 cm³/mol. The van der Waals surface area contributed by atoms with Crippen LogP contribution in [-0.4, -0.2) is 24.2 Å². The first-order valence-electron chi connectivity index (χ1n) is 6.89. The number of alkyl halides is 1. The van der Waals surface area contributed by atoms with Crippen molar-refractivity contribution in [1.29, 1.82) is 0 Å². The van der Waals surface area contributed by atoms with Crippen molar-refractivity contribution in [3.8, 4) is 0 Å². The van der Waals surface area contributed by atoms with Crippen molar-refractivity contribution in [3.05, 3.63) is 35.9 Å². The summed E-state index contributed by atoms with van der Waals surface area (Å²) in [4.78, 5) is 2.45. The third kappa shape index (κ3) is 3.55. The normalized spacial score (nSPS) is 26.2. The van der Waals surface area contributed by atoms with Gasteiger partial charge in [-0.25, -0.2) is 4.39 Å². The first kappa shape index (κ1) is 13.5. The fraction of sp³-hybridized carbons (Fsp3) is 0.625. The van der Waals surface area contributed by atoms with Gasteiger partial charge in [0, 0.05) is 19.1 Å². The van der Waals surface area contributed by atoms with E-state index in [-0.39, 0.29) is 11.5 Å². The maximum atomic E-state index is 13.7. The minimum absolute atomic E-state index is 0.245. The van der Waals surface area contributed by atoms with Crippen LogP contribution >= 0.6 is 0 Å². The van der Waals surface area contributed by atoms with E-state index in [1.165, 1.54) is 5.56 Å². The van der Waals surface area contributed by atoms with Gasteiger partial charge in [0.25, 0.3) is 0 Å². The summed E-state index contributed by atoms with van der Waals surface area (Å²) < 4.78 is 13.7. The van der Waals surface area contributed by atoms with E-state index in [1.54, 1.807) is 0 Å². The molecule has 1 aliphatic rings. The van der Waals surface area contributed by atoms with Gasteiger partial charge in [-0.2, -0.15) is 0 Å². The quantitative estimate of drug-likeness (QED) is 0.759. The molecule has 1 fully saturated rings. The number of hydrogen-bond donors (Lipinski definition) is 0. The maximum Gasteiger partial charge on any atom is 0.103 e. The second kappa shape index (κ2) is 5.40. The Hall–Kier alpha value is -0.890. The van der Waals surface area contributed by atoms with E-state index in [9.17, 15) is 4.39 Å². The van der Waals surface area contributed by atoms with Crippen LogP contribution in [0.2, 0.25) is 0 Å². The molecule has 100 valence electrons. The summed E-state index contributed by atoms with van der Waals surface area (Å²) in [6, 6.07) is 10.6. The molecule has 0 amide bonds. The Labute approximate surface area is 110 Å². The maximum absolute atomic E-state index is 13.7. The van der Waals surface area contributed by atoms with Gasteiger partial charge in [0.2, 0.25) is 0 Å². The number of piperidine rings is 1. The highest BCUT2D eigenvalue weighted by molar-refractivity contribution is 5.20. The number of halogens is 1. The summed E-state index contributed by atoms with van der Waals surface area (Å²) in [7, 11) is 0. The van der Waals surface area contributed by atoms with E-state index in [0.717, 1.165) is 13.1 Å². The van der Waals surface area contributed by atoms with Gasteiger partial charge in [-0.05, 0) is 23.8 Å². The molecular weight excluding hydrogens is 225 g/mol. The number of likely N-dealkylation sites (tertiary alicyclic amines) is 1. The van der Waals surface area contributed by atoms with E-state index in [0.29, 0.717) is 12.8 Å². The molecule has 0 aromatic heterocycles. The Balaban J connectivity index is 2.16. The molecule has 1 heterocycles. The van der Waals surface area contributed by atoms with Gasteiger partial charge in [0.15, 0.2) is 0 Å². The van der Waals surface area contributed by atoms with Crippen LogP contribution in [0.3, 0.4) is 0 Å². The number of hydrogen-bond acceptors (Lipinski definition) is 1. The number of nitrogens with zero attached hydrogens (tertiary/aromatic N) is 1. The van der Waals surface area contributed by atoms with Crippen LogP contribution in [-0.2, 0) is 0 Å². The van der Waals surface area contributed by atoms with E-state index >= 15 is 0 Å². The minimum Gasteiger partial charge on any atom is -0.296 e. The van der Waals surface area contributed by atoms with Crippen molar-refractivity contribution < 1.29 is 4.39 Å². The van der Waals surface area contributed by atoms with Gasteiger partial charge in [-0.1, -0.05) is 51.1 Å². The molecule has 2 rings (SSSR count). The third-order valence-electron chi connectivity index (χ3n) is 3.51. The first-order valence-corrected chi connectivity index (χ1v) is 6.89. The standard InChI is InChI=1S/C16H24FN/c1-16(2,3)12-18-10-9-14(17)11-15(18)13-7-5-4-6-8-13/h4-8,14-15H,9-12H2,1-3H3/t14-,15+/m1/s1. The van der Waals surface area contributed by atoms with E-state index < -0.39 is 6.17 Å². The Morgan fingerprint density at radius 1 is 1.22 bits per heavy atom. The zero-order valence-electron chi connectivity index (χ0n) is 11.7. The lowest BCUT2D eigenvalue weighted by molar-refractivity contribution is 0.0615. The summed E-state index contributed by atoms with van der Waals surface area (Å²) >= 11 is 0. The second-order valence-corrected chi connectivity index (χ2v) is 6.58. The third-order valence-corrected chi connectivity index (χ3v) is 3.51. The lowest BCUT2D eigenvalue weighted by Gasteiger charge is -2.40. The van der Waals surface area contributed by atoms with Crippen LogP contribution in [0.15, 0.2) is 30.3 Å². The van der Waals surface area contributed by atoms with Gasteiger partial charge in [-0.3, -0.25) is 4.90 Å². The fourth-order valence-electron chi connectivity index (χ4n) is 2.79. The molecule has 1 saturated heterocycles. The zero-order chi connectivity index (χ0) is 13.2. The highest BCUT2D eigenvalue weighted by atomic mass is 19.1. The molecule has 1 aliphatic heterocycles. The lowest BCUT2D eigenvalue weighted by Crippen LogP contribution is -2.42. The summed E-state index contributed by atoms with van der Waals surface area (Å²) in [5, 5.41) is 0. The Morgan fingerprint density at radius 3 is 2.50 bits per heavy atom. The summed E-state index contributed by atoms with van der Waals surface area (Å²) in [6.07, 6.45) is 0.672. The van der Waals surface area contributed by atoms with Gasteiger partial charge in [0.05, 0.1) is 0 Å². The van der Waals surface area contributed by atoms with Gasteiger partial charge >= 0.3 is 0 Å². The number of rotatable bonds is 2. The van der Waals surface area contributed by atoms with Gasteiger partial charge in [0.1, 0.15) is 6.17 Å². The van der Waals surface area contributed by atoms with Crippen molar-refractivity contribution in [1.82, 2.24) is 4.90 Å². The smallest absolute Gasteiger partial charge is 0.103 e. The van der Waals surface area contributed by atoms with Crippen molar-refractivity contribution in [2.75, 3.05) is 13.1 Å². The van der Waals surface area contributed by atoms with Crippen LogP contribution in [0.4, 0.5) is 4.39 Å². The molecule has 1 aromatic rings. The molecule has 2 heteroatoms. The van der Waals surface area contributed by atoms with Crippen LogP contribution in [0.5, 0.6) is 0 Å². The Morgan fingerprint density at radius 2 is 1.89 bits per heavy atom. The average Bonchev–Trinajstić information content (AvgIpc) is 2.31. The lowest BCUT2D eigenvalue weighted by atomic mass is 9.89. The molecular formula is C16H24FN. The SMILES string of the molecule is CC(C)(C)CN1CC[C@@H](F)C[C@H]1c1ccccc1. The zero-order valence-corrected chi connectivity index (χ0v) is 11.7. The van der Waals surface area contributed by atoms with Crippen molar-refractivity contribution in [2.24, 2.45) is 5.41 Å². The van der Waals surface area contributed by atoms with E-state index in [1.807, 2.05) is 18.2 Å². The highest BCUT2D eigenvalue weighted by Gasteiger charge is 2.31. The molecule has 0 saturated carbocycles. The molecule has 18 heavy (non-hydrogen) atoms. The molecule has 1 nitrogen and oxygen atoms in total. The summed E-state index contributed by atoms with van der Waals surface area (Å²) in [5.41, 5.74) is 1.51. The average molecular weight is 249 g/mol.